The molecule has 1 aromatic heterocycles. The van der Waals surface area contributed by atoms with Crippen LogP contribution in [0.2, 0.25) is 5.02 Å². The van der Waals surface area contributed by atoms with E-state index in [0.717, 1.165) is 20.9 Å². The zero-order chi connectivity index (χ0) is 22.5. The fourth-order valence-electron chi connectivity index (χ4n) is 2.89. The Morgan fingerprint density at radius 1 is 1.06 bits per heavy atom. The van der Waals surface area contributed by atoms with Crippen molar-refractivity contribution in [2.24, 2.45) is 0 Å². The highest BCUT2D eigenvalue weighted by Crippen LogP contribution is 2.29. The summed E-state index contributed by atoms with van der Waals surface area (Å²) in [4.78, 5) is 30.1. The van der Waals surface area contributed by atoms with Gasteiger partial charge in [-0.3, -0.25) is 9.59 Å². The number of benzene rings is 3. The molecule has 6 nitrogen and oxygen atoms in total. The first-order valence-corrected chi connectivity index (χ1v) is 11.7. The van der Waals surface area contributed by atoms with E-state index in [1.165, 1.54) is 23.1 Å². The Balaban J connectivity index is 1.34. The zero-order valence-electron chi connectivity index (χ0n) is 16.9. The number of rotatable bonds is 7. The van der Waals surface area contributed by atoms with E-state index in [9.17, 15) is 9.59 Å². The fourth-order valence-corrected chi connectivity index (χ4v) is 4.74. The Bertz CT molecular complexity index is 1290. The highest BCUT2D eigenvalue weighted by Gasteiger charge is 2.11. The third kappa shape index (κ3) is 5.59. The third-order valence-corrected chi connectivity index (χ3v) is 6.55. The molecule has 9 heteroatoms. The lowest BCUT2D eigenvalue weighted by Crippen LogP contribution is -2.14. The van der Waals surface area contributed by atoms with Gasteiger partial charge in [-0.15, -0.1) is 11.8 Å². The molecule has 0 bridgehead atoms. The number of nitrogens with one attached hydrogen (secondary N) is 2. The number of hydrogen-bond donors (Lipinski definition) is 2. The Labute approximate surface area is 198 Å². The van der Waals surface area contributed by atoms with Crippen molar-refractivity contribution in [3.05, 3.63) is 77.3 Å². The number of thioether (sulfide) groups is 1. The molecule has 0 aliphatic carbocycles. The third-order valence-electron chi connectivity index (χ3n) is 4.39. The van der Waals surface area contributed by atoms with Crippen LogP contribution in [0.15, 0.2) is 71.6 Å². The minimum Gasteiger partial charge on any atom is -0.497 e. The van der Waals surface area contributed by atoms with Crippen molar-refractivity contribution in [3.63, 3.8) is 0 Å². The summed E-state index contributed by atoms with van der Waals surface area (Å²) in [7, 11) is 1.61. The summed E-state index contributed by atoms with van der Waals surface area (Å²) >= 11 is 8.72. The van der Waals surface area contributed by atoms with Gasteiger partial charge in [-0.1, -0.05) is 35.1 Å². The van der Waals surface area contributed by atoms with Crippen LogP contribution >= 0.6 is 34.7 Å². The Morgan fingerprint density at radius 3 is 2.72 bits per heavy atom. The first kappa shape index (κ1) is 22.1. The minimum atomic E-state index is -0.250. The van der Waals surface area contributed by atoms with Crippen LogP contribution in [-0.4, -0.2) is 29.7 Å². The molecule has 4 rings (SSSR count). The predicted octanol–water partition coefficient (Wildman–Crippen LogP) is 5.94. The minimum absolute atomic E-state index is 0.158. The maximum absolute atomic E-state index is 12.4. The van der Waals surface area contributed by atoms with Gasteiger partial charge in [0, 0.05) is 21.2 Å². The second-order valence-electron chi connectivity index (χ2n) is 6.68. The topological polar surface area (TPSA) is 80.3 Å². The molecule has 0 atom stereocenters. The van der Waals surface area contributed by atoms with Crippen LogP contribution in [-0.2, 0) is 4.79 Å². The molecular formula is C23H18ClN3O3S2. The number of thiazole rings is 1. The van der Waals surface area contributed by atoms with E-state index in [1.807, 2.05) is 36.4 Å². The van der Waals surface area contributed by atoms with Gasteiger partial charge in [0.25, 0.3) is 5.91 Å². The molecule has 32 heavy (non-hydrogen) atoms. The average molecular weight is 484 g/mol. The van der Waals surface area contributed by atoms with E-state index in [-0.39, 0.29) is 17.6 Å². The molecule has 0 saturated carbocycles. The van der Waals surface area contributed by atoms with Gasteiger partial charge >= 0.3 is 0 Å². The lowest BCUT2D eigenvalue weighted by atomic mass is 10.2. The second-order valence-corrected chi connectivity index (χ2v) is 9.20. The maximum Gasteiger partial charge on any atom is 0.255 e. The van der Waals surface area contributed by atoms with Crippen molar-refractivity contribution in [3.8, 4) is 5.75 Å². The van der Waals surface area contributed by atoms with Crippen LogP contribution in [0.25, 0.3) is 10.2 Å². The highest BCUT2D eigenvalue weighted by atomic mass is 35.5. The molecule has 0 aliphatic heterocycles. The average Bonchev–Trinajstić information content (AvgIpc) is 3.19. The number of carbonyl (C=O) groups excluding carboxylic acids is 2. The first-order valence-electron chi connectivity index (χ1n) is 9.54. The number of fused-ring (bicyclic) bond motifs is 1. The normalized spacial score (nSPS) is 10.7. The second kappa shape index (κ2) is 10.0. The van der Waals surface area contributed by atoms with Gasteiger partial charge in [-0.2, -0.15) is 0 Å². The van der Waals surface area contributed by atoms with Crippen molar-refractivity contribution in [1.29, 1.82) is 0 Å². The number of halogens is 1. The van der Waals surface area contributed by atoms with Gasteiger partial charge in [0.05, 0.1) is 23.1 Å². The van der Waals surface area contributed by atoms with Crippen molar-refractivity contribution in [2.45, 2.75) is 4.90 Å². The Morgan fingerprint density at radius 2 is 1.91 bits per heavy atom. The molecule has 162 valence electrons. The van der Waals surface area contributed by atoms with Gasteiger partial charge in [-0.25, -0.2) is 4.98 Å². The number of hydrogen-bond acceptors (Lipinski definition) is 6. The van der Waals surface area contributed by atoms with Crippen molar-refractivity contribution in [1.82, 2.24) is 4.98 Å². The molecular weight excluding hydrogens is 466 g/mol. The number of ether oxygens (including phenoxy) is 1. The molecule has 0 radical (unpaired) electrons. The molecule has 0 unspecified atom stereocenters. The van der Waals surface area contributed by atoms with Crippen LogP contribution in [0, 0.1) is 0 Å². The van der Waals surface area contributed by atoms with Gasteiger partial charge in [-0.05, 0) is 54.6 Å². The number of methoxy groups -OCH3 is 1. The van der Waals surface area contributed by atoms with E-state index in [0.29, 0.717) is 21.4 Å². The molecule has 3 aromatic carbocycles. The largest absolute Gasteiger partial charge is 0.497 e. The summed E-state index contributed by atoms with van der Waals surface area (Å²) in [5.74, 6) is 0.552. The summed E-state index contributed by atoms with van der Waals surface area (Å²) in [5.41, 5.74) is 1.92. The molecule has 0 spiro atoms. The zero-order valence-corrected chi connectivity index (χ0v) is 19.3. The van der Waals surface area contributed by atoms with Crippen molar-refractivity contribution in [2.75, 3.05) is 23.5 Å². The monoisotopic (exact) mass is 483 g/mol. The van der Waals surface area contributed by atoms with Crippen LogP contribution < -0.4 is 15.4 Å². The number of amides is 2. The van der Waals surface area contributed by atoms with E-state index in [2.05, 4.69) is 15.6 Å². The summed E-state index contributed by atoms with van der Waals surface area (Å²) in [6.07, 6.45) is 0. The van der Waals surface area contributed by atoms with Crippen LogP contribution in [0.4, 0.5) is 10.8 Å². The summed E-state index contributed by atoms with van der Waals surface area (Å²) in [5, 5.41) is 6.73. The van der Waals surface area contributed by atoms with E-state index < -0.39 is 0 Å². The summed E-state index contributed by atoms with van der Waals surface area (Å²) in [6, 6.07) is 19.7. The van der Waals surface area contributed by atoms with Crippen molar-refractivity contribution < 1.29 is 14.3 Å². The van der Waals surface area contributed by atoms with Gasteiger partial charge in [0.15, 0.2) is 5.13 Å². The number of aromatic nitrogens is 1. The molecule has 4 aromatic rings. The van der Waals surface area contributed by atoms with Gasteiger partial charge in [0.2, 0.25) is 5.91 Å². The SMILES string of the molecule is COc1ccc2nc(NC(=O)CSc3cccc(NC(=O)c4cccc(Cl)c4)c3)sc2c1. The van der Waals surface area contributed by atoms with E-state index >= 15 is 0 Å². The molecule has 0 saturated heterocycles. The van der Waals surface area contributed by atoms with E-state index in [4.69, 9.17) is 16.3 Å². The smallest absolute Gasteiger partial charge is 0.255 e. The summed E-state index contributed by atoms with van der Waals surface area (Å²) in [6.45, 7) is 0. The van der Waals surface area contributed by atoms with Crippen LogP contribution in [0.3, 0.4) is 0 Å². The molecule has 2 amide bonds. The van der Waals surface area contributed by atoms with Crippen LogP contribution in [0.1, 0.15) is 10.4 Å². The lowest BCUT2D eigenvalue weighted by Gasteiger charge is -2.08. The number of anilines is 2. The van der Waals surface area contributed by atoms with E-state index in [1.54, 1.807) is 37.4 Å². The van der Waals surface area contributed by atoms with Crippen LogP contribution in [0.5, 0.6) is 5.75 Å². The quantitative estimate of drug-likeness (QED) is 0.318. The maximum atomic E-state index is 12.4. The standard InChI is InChI=1S/C23H18ClN3O3S2/c1-30-17-8-9-19-20(12-17)32-23(26-19)27-21(28)13-31-18-7-3-6-16(11-18)25-22(29)14-4-2-5-15(24)10-14/h2-12H,13H2,1H3,(H,25,29)(H,26,27,28). The summed E-state index contributed by atoms with van der Waals surface area (Å²) < 4.78 is 6.16. The molecule has 0 aliphatic rings. The Hall–Kier alpha value is -3.07. The predicted molar refractivity (Wildman–Crippen MR) is 131 cm³/mol. The molecule has 2 N–H and O–H groups in total. The molecule has 0 fully saturated rings. The number of carbonyl (C=O) groups is 2. The molecule has 1 heterocycles. The van der Waals surface area contributed by atoms with Crippen molar-refractivity contribution >= 4 is 67.5 Å². The first-order chi connectivity index (χ1) is 15.5. The highest BCUT2D eigenvalue weighted by molar-refractivity contribution is 8.00. The fraction of sp³-hybridized carbons (Fsp3) is 0.0870. The number of nitrogens with zero attached hydrogens (tertiary/aromatic N) is 1. The Kier molecular flexibility index (Phi) is 6.94. The van der Waals surface area contributed by atoms with Gasteiger partial charge < -0.3 is 15.4 Å². The van der Waals surface area contributed by atoms with Gasteiger partial charge in [0.1, 0.15) is 5.75 Å². The lowest BCUT2D eigenvalue weighted by molar-refractivity contribution is -0.113.